The maximum Gasteiger partial charge on any atom is 0.337 e. The van der Waals surface area contributed by atoms with Crippen LogP contribution in [-0.2, 0) is 6.42 Å². The first kappa shape index (κ1) is 15.5. The number of aromatic carboxylic acids is 1. The van der Waals surface area contributed by atoms with Gasteiger partial charge in [-0.05, 0) is 42.3 Å². The zero-order valence-corrected chi connectivity index (χ0v) is 12.6. The zero-order chi connectivity index (χ0) is 15.4. The van der Waals surface area contributed by atoms with Gasteiger partial charge in [0.1, 0.15) is 0 Å². The van der Waals surface area contributed by atoms with Crippen LogP contribution in [0.5, 0.6) is 0 Å². The van der Waals surface area contributed by atoms with Gasteiger partial charge >= 0.3 is 5.97 Å². The van der Waals surface area contributed by atoms with Crippen molar-refractivity contribution in [2.24, 2.45) is 0 Å². The van der Waals surface area contributed by atoms with E-state index in [9.17, 15) is 4.79 Å². The van der Waals surface area contributed by atoms with Crippen molar-refractivity contribution in [3.63, 3.8) is 0 Å². The molecule has 0 amide bonds. The van der Waals surface area contributed by atoms with Crippen LogP contribution in [0.4, 0.5) is 11.4 Å². The summed E-state index contributed by atoms with van der Waals surface area (Å²) in [4.78, 5) is 11.2. The van der Waals surface area contributed by atoms with Crippen LogP contribution in [0.2, 0.25) is 10.0 Å². The number of benzene rings is 2. The number of nitrogens with two attached hydrogens (primary N) is 1. The van der Waals surface area contributed by atoms with Gasteiger partial charge in [0.15, 0.2) is 0 Å². The number of nitrogens with one attached hydrogen (secondary N) is 1. The summed E-state index contributed by atoms with van der Waals surface area (Å²) >= 11 is 11.9. The molecule has 0 bridgehead atoms. The molecule has 0 aliphatic carbocycles. The van der Waals surface area contributed by atoms with Crippen molar-refractivity contribution in [2.75, 3.05) is 17.6 Å². The molecule has 4 N–H and O–H groups in total. The Kier molecular flexibility index (Phi) is 4.94. The molecule has 2 aromatic carbocycles. The monoisotopic (exact) mass is 324 g/mol. The molecule has 0 spiro atoms. The van der Waals surface area contributed by atoms with E-state index in [4.69, 9.17) is 34.0 Å². The van der Waals surface area contributed by atoms with E-state index in [-0.39, 0.29) is 5.56 Å². The molecule has 0 saturated heterocycles. The van der Waals surface area contributed by atoms with Gasteiger partial charge in [0, 0.05) is 28.0 Å². The van der Waals surface area contributed by atoms with E-state index in [1.165, 1.54) is 6.07 Å². The largest absolute Gasteiger partial charge is 0.478 e. The Morgan fingerprint density at radius 3 is 2.62 bits per heavy atom. The highest BCUT2D eigenvalue weighted by molar-refractivity contribution is 6.35. The van der Waals surface area contributed by atoms with Crippen LogP contribution in [0.3, 0.4) is 0 Å². The van der Waals surface area contributed by atoms with Gasteiger partial charge < -0.3 is 16.2 Å². The first-order valence-electron chi connectivity index (χ1n) is 6.28. The van der Waals surface area contributed by atoms with Crippen LogP contribution in [0.25, 0.3) is 0 Å². The summed E-state index contributed by atoms with van der Waals surface area (Å²) in [6.45, 7) is 0.547. The third-order valence-corrected chi connectivity index (χ3v) is 3.59. The Labute approximate surface area is 132 Å². The van der Waals surface area contributed by atoms with E-state index < -0.39 is 5.97 Å². The van der Waals surface area contributed by atoms with Crippen LogP contribution >= 0.6 is 23.2 Å². The summed E-state index contributed by atoms with van der Waals surface area (Å²) < 4.78 is 0. The van der Waals surface area contributed by atoms with Gasteiger partial charge in [0.2, 0.25) is 0 Å². The number of nitrogen functional groups attached to an aromatic ring is 1. The van der Waals surface area contributed by atoms with Gasteiger partial charge in [-0.1, -0.05) is 29.3 Å². The fraction of sp³-hybridized carbons (Fsp3) is 0.133. The molecule has 0 unspecified atom stereocenters. The minimum absolute atomic E-state index is 0.150. The molecular formula is C15H14Cl2N2O2. The Morgan fingerprint density at radius 2 is 1.95 bits per heavy atom. The number of hydrogen-bond donors (Lipinski definition) is 3. The van der Waals surface area contributed by atoms with Gasteiger partial charge in [-0.15, -0.1) is 0 Å². The molecule has 0 heterocycles. The fourth-order valence-corrected chi connectivity index (χ4v) is 2.45. The quantitative estimate of drug-likeness (QED) is 0.728. The second-order valence-corrected chi connectivity index (χ2v) is 5.37. The van der Waals surface area contributed by atoms with E-state index >= 15 is 0 Å². The van der Waals surface area contributed by atoms with E-state index in [2.05, 4.69) is 5.32 Å². The van der Waals surface area contributed by atoms with Gasteiger partial charge in [0.05, 0.1) is 5.56 Å². The summed E-state index contributed by atoms with van der Waals surface area (Å²) in [5, 5.41) is 13.4. The lowest BCUT2D eigenvalue weighted by atomic mass is 10.1. The summed E-state index contributed by atoms with van der Waals surface area (Å²) in [6, 6.07) is 10.1. The Morgan fingerprint density at radius 1 is 1.19 bits per heavy atom. The predicted molar refractivity (Wildman–Crippen MR) is 86.5 cm³/mol. The normalized spacial score (nSPS) is 10.4. The average molecular weight is 325 g/mol. The molecule has 6 heteroatoms. The number of halogens is 2. The van der Waals surface area contributed by atoms with Crippen molar-refractivity contribution in [2.45, 2.75) is 6.42 Å². The summed E-state index contributed by atoms with van der Waals surface area (Å²) in [5.74, 6) is -1.02. The Bertz CT molecular complexity index is 675. The summed E-state index contributed by atoms with van der Waals surface area (Å²) in [6.07, 6.45) is 0.652. The van der Waals surface area contributed by atoms with Crippen molar-refractivity contribution >= 4 is 40.5 Å². The number of rotatable bonds is 5. The van der Waals surface area contributed by atoms with Crippen LogP contribution < -0.4 is 11.1 Å². The van der Waals surface area contributed by atoms with Gasteiger partial charge in [-0.2, -0.15) is 0 Å². The Hall–Kier alpha value is -1.91. The van der Waals surface area contributed by atoms with Crippen molar-refractivity contribution in [3.8, 4) is 0 Å². The number of hydrogen-bond acceptors (Lipinski definition) is 3. The maximum absolute atomic E-state index is 11.2. The van der Waals surface area contributed by atoms with Crippen LogP contribution in [-0.4, -0.2) is 17.6 Å². The second-order valence-electron chi connectivity index (χ2n) is 4.52. The second kappa shape index (κ2) is 6.70. The number of carboxylic acid groups (broad SMARTS) is 1. The number of anilines is 2. The van der Waals surface area contributed by atoms with E-state index in [0.717, 1.165) is 5.56 Å². The van der Waals surface area contributed by atoms with E-state index in [0.29, 0.717) is 34.4 Å². The molecule has 4 nitrogen and oxygen atoms in total. The lowest BCUT2D eigenvalue weighted by molar-refractivity contribution is 0.0698. The fourth-order valence-electron chi connectivity index (χ4n) is 1.95. The molecule has 0 aliphatic heterocycles. The first-order valence-corrected chi connectivity index (χ1v) is 7.03. The molecule has 0 fully saturated rings. The third kappa shape index (κ3) is 4.03. The zero-order valence-electron chi connectivity index (χ0n) is 11.1. The minimum Gasteiger partial charge on any atom is -0.478 e. The Balaban J connectivity index is 2.05. The summed E-state index contributed by atoms with van der Waals surface area (Å²) in [5.41, 5.74) is 7.64. The maximum atomic E-state index is 11.2. The topological polar surface area (TPSA) is 75.3 Å². The molecule has 0 saturated carbocycles. The van der Waals surface area contributed by atoms with Crippen LogP contribution in [0, 0.1) is 0 Å². The van der Waals surface area contributed by atoms with E-state index in [1.807, 2.05) is 6.07 Å². The molecule has 2 aromatic rings. The van der Waals surface area contributed by atoms with Gasteiger partial charge in [0.25, 0.3) is 0 Å². The first-order chi connectivity index (χ1) is 9.97. The average Bonchev–Trinajstić information content (AvgIpc) is 2.42. The SMILES string of the molecule is Nc1ccc(NCCc2ccc(Cl)cc2Cl)c(C(=O)O)c1. The molecule has 0 aliphatic rings. The van der Waals surface area contributed by atoms with Crippen molar-refractivity contribution < 1.29 is 9.90 Å². The van der Waals surface area contributed by atoms with Gasteiger partial charge in [-0.25, -0.2) is 4.79 Å². The lowest BCUT2D eigenvalue weighted by Crippen LogP contribution is -2.10. The lowest BCUT2D eigenvalue weighted by Gasteiger charge is -2.11. The van der Waals surface area contributed by atoms with Crippen molar-refractivity contribution in [1.29, 1.82) is 0 Å². The summed E-state index contributed by atoms with van der Waals surface area (Å²) in [7, 11) is 0. The number of carbonyl (C=O) groups is 1. The number of carboxylic acids is 1. The molecule has 2 rings (SSSR count). The molecule has 21 heavy (non-hydrogen) atoms. The smallest absolute Gasteiger partial charge is 0.337 e. The molecule has 0 aromatic heterocycles. The van der Waals surface area contributed by atoms with Crippen LogP contribution in [0.15, 0.2) is 36.4 Å². The highest BCUT2D eigenvalue weighted by Gasteiger charge is 2.10. The highest BCUT2D eigenvalue weighted by atomic mass is 35.5. The van der Waals surface area contributed by atoms with Gasteiger partial charge in [-0.3, -0.25) is 0 Å². The van der Waals surface area contributed by atoms with Crippen molar-refractivity contribution in [3.05, 3.63) is 57.6 Å². The minimum atomic E-state index is -1.02. The molecule has 110 valence electrons. The third-order valence-electron chi connectivity index (χ3n) is 3.00. The van der Waals surface area contributed by atoms with Crippen molar-refractivity contribution in [1.82, 2.24) is 0 Å². The molecular weight excluding hydrogens is 311 g/mol. The molecule has 0 atom stereocenters. The van der Waals surface area contributed by atoms with E-state index in [1.54, 1.807) is 24.3 Å². The molecule has 0 radical (unpaired) electrons. The predicted octanol–water partition coefficient (Wildman–Crippen LogP) is 3.93. The van der Waals surface area contributed by atoms with Crippen LogP contribution in [0.1, 0.15) is 15.9 Å². The highest BCUT2D eigenvalue weighted by Crippen LogP contribution is 2.22. The standard InChI is InChI=1S/C15H14Cl2N2O2/c16-10-2-1-9(13(17)7-10)5-6-19-14-4-3-11(18)8-12(14)15(20)21/h1-4,7-8,19H,5-6,18H2,(H,20,21).